The molecule has 0 N–H and O–H groups in total. The molecule has 11 rings (SSSR count). The number of rotatable bonds is 4. The van der Waals surface area contributed by atoms with Gasteiger partial charge in [0, 0.05) is 33.6 Å². The van der Waals surface area contributed by atoms with Crippen LogP contribution in [0.15, 0.2) is 158 Å². The molecule has 3 heterocycles. The Morgan fingerprint density at radius 1 is 0.421 bits per heavy atom. The summed E-state index contributed by atoms with van der Waals surface area (Å²) in [5, 5.41) is 3.24. The fraction of sp³-hybridized carbons (Fsp3) is 0.185. The molecule has 4 aliphatic rings. The molecule has 278 valence electrons. The zero-order valence-electron chi connectivity index (χ0n) is 33.4. The van der Waals surface area contributed by atoms with Crippen LogP contribution in [-0.4, -0.2) is 8.07 Å². The van der Waals surface area contributed by atoms with Crippen LogP contribution in [0, 0.1) is 0 Å². The normalized spacial score (nSPS) is 17.5. The number of nitrogens with zero attached hydrogens (tertiary/aromatic N) is 2. The number of benzene rings is 7. The Hall–Kier alpha value is -5.90. The third-order valence-electron chi connectivity index (χ3n) is 14.0. The van der Waals surface area contributed by atoms with Crippen LogP contribution in [0.3, 0.4) is 0 Å². The summed E-state index contributed by atoms with van der Waals surface area (Å²) in [6, 6.07) is 62.5. The van der Waals surface area contributed by atoms with Crippen molar-refractivity contribution in [2.75, 3.05) is 9.80 Å². The van der Waals surface area contributed by atoms with Crippen LogP contribution in [-0.2, 0) is 10.8 Å². The Morgan fingerprint density at radius 2 is 0.860 bits per heavy atom. The van der Waals surface area contributed by atoms with Gasteiger partial charge in [0.05, 0.1) is 11.4 Å². The Labute approximate surface area is 338 Å². The van der Waals surface area contributed by atoms with Crippen molar-refractivity contribution >= 4 is 64.7 Å². The molecule has 0 radical (unpaired) electrons. The van der Waals surface area contributed by atoms with Crippen molar-refractivity contribution in [2.45, 2.75) is 63.5 Å². The van der Waals surface area contributed by atoms with Crippen molar-refractivity contribution in [1.82, 2.24) is 0 Å². The van der Waals surface area contributed by atoms with Crippen LogP contribution in [0.5, 0.6) is 0 Å². The van der Waals surface area contributed by atoms with E-state index >= 15 is 0 Å². The molecule has 1 aliphatic carbocycles. The van der Waals surface area contributed by atoms with Crippen LogP contribution in [0.2, 0.25) is 12.1 Å². The van der Waals surface area contributed by atoms with Crippen molar-refractivity contribution in [3.05, 3.63) is 191 Å². The van der Waals surface area contributed by atoms with Crippen molar-refractivity contribution in [2.24, 2.45) is 0 Å². The van der Waals surface area contributed by atoms with E-state index in [1.807, 2.05) is 0 Å². The lowest BCUT2D eigenvalue weighted by molar-refractivity contribution is 0.631. The predicted molar refractivity (Wildman–Crippen MR) is 245 cm³/mol. The molecule has 0 aromatic heterocycles. The summed E-state index contributed by atoms with van der Waals surface area (Å²) in [5.41, 5.74) is 18.1. The van der Waals surface area contributed by atoms with Crippen molar-refractivity contribution < 1.29 is 0 Å². The van der Waals surface area contributed by atoms with Gasteiger partial charge in [-0.25, -0.2) is 0 Å². The molecule has 3 heteroatoms. The highest BCUT2D eigenvalue weighted by Crippen LogP contribution is 2.55. The minimum absolute atomic E-state index is 0.0759. The maximum atomic E-state index is 2.52. The molecular formula is C54H48N2Si. The second kappa shape index (κ2) is 12.5. The highest BCUT2D eigenvalue weighted by Gasteiger charge is 2.47. The van der Waals surface area contributed by atoms with E-state index in [0.29, 0.717) is 0 Å². The Balaban J connectivity index is 0.895. The summed E-state index contributed by atoms with van der Waals surface area (Å²) >= 11 is 0. The first-order valence-electron chi connectivity index (χ1n) is 20.8. The molecule has 1 fully saturated rings. The van der Waals surface area contributed by atoms with Gasteiger partial charge in [-0.1, -0.05) is 162 Å². The summed E-state index contributed by atoms with van der Waals surface area (Å²) < 4.78 is 0. The molecule has 0 atom stereocenters. The molecule has 3 aliphatic heterocycles. The van der Waals surface area contributed by atoms with Crippen LogP contribution >= 0.6 is 0 Å². The third kappa shape index (κ3) is 5.01. The van der Waals surface area contributed by atoms with Gasteiger partial charge in [-0.3, -0.25) is 0 Å². The second-order valence-electron chi connectivity index (χ2n) is 17.7. The predicted octanol–water partition coefficient (Wildman–Crippen LogP) is 13.4. The van der Waals surface area contributed by atoms with Gasteiger partial charge in [-0.05, 0) is 116 Å². The Bertz CT molecular complexity index is 2670. The summed E-state index contributed by atoms with van der Waals surface area (Å²) in [7, 11) is -1.73. The van der Waals surface area contributed by atoms with Crippen molar-refractivity contribution in [1.29, 1.82) is 0 Å². The average molecular weight is 753 g/mol. The first-order valence-corrected chi connectivity index (χ1v) is 23.2. The van der Waals surface area contributed by atoms with E-state index in [0.717, 1.165) is 0 Å². The molecule has 0 amide bonds. The standard InChI is InChI=1S/C54H48N2Si/c1-53(2)43-15-5-7-17-47(43)56(48-18-8-6-16-44(48)53)40-30-32-42-41-31-27-38(35-45(41)54(3,4)46(42)36-40)24-23-37-25-28-39(29-26-37)55-49-19-9-11-21-51(49)57(33-13-14-34-57)52-22-12-10-20-50(52)55/h5-12,15-32,35-36H,13-14,33-34H2,1-4H3. The van der Waals surface area contributed by atoms with Crippen molar-refractivity contribution in [3.63, 3.8) is 0 Å². The van der Waals surface area contributed by atoms with Crippen molar-refractivity contribution in [3.8, 4) is 11.1 Å². The largest absolute Gasteiger partial charge is 0.311 e. The molecule has 57 heavy (non-hydrogen) atoms. The van der Waals surface area contributed by atoms with Gasteiger partial charge in [0.15, 0.2) is 0 Å². The average Bonchev–Trinajstić information content (AvgIpc) is 3.82. The van der Waals surface area contributed by atoms with E-state index in [9.17, 15) is 0 Å². The molecular weight excluding hydrogens is 705 g/mol. The monoisotopic (exact) mass is 752 g/mol. The molecule has 0 saturated carbocycles. The minimum Gasteiger partial charge on any atom is -0.311 e. The fourth-order valence-electron chi connectivity index (χ4n) is 11.1. The van der Waals surface area contributed by atoms with Gasteiger partial charge in [-0.2, -0.15) is 0 Å². The maximum Gasteiger partial charge on any atom is 0.123 e. The lowest BCUT2D eigenvalue weighted by Gasteiger charge is -2.42. The number of anilines is 6. The van der Waals surface area contributed by atoms with Gasteiger partial charge in [0.1, 0.15) is 8.07 Å². The zero-order chi connectivity index (χ0) is 38.5. The van der Waals surface area contributed by atoms with Gasteiger partial charge in [0.2, 0.25) is 0 Å². The Kier molecular flexibility index (Phi) is 7.56. The number of hydrogen-bond donors (Lipinski definition) is 0. The molecule has 2 nitrogen and oxygen atoms in total. The SMILES string of the molecule is CC1(C)c2cc(C=Cc3ccc(N4c5ccccc5[Si]5(CCCC5)c5ccccc54)cc3)ccc2-c2ccc(N3c4ccccc4C(C)(C)c4ccccc43)cc21. The van der Waals surface area contributed by atoms with E-state index in [4.69, 9.17) is 0 Å². The third-order valence-corrected chi connectivity index (χ3v) is 19.3. The first-order chi connectivity index (χ1) is 27.8. The topological polar surface area (TPSA) is 6.48 Å². The van der Waals surface area contributed by atoms with Crippen LogP contribution in [0.1, 0.15) is 73.9 Å². The van der Waals surface area contributed by atoms with Gasteiger partial charge >= 0.3 is 0 Å². The van der Waals surface area contributed by atoms with E-state index in [1.165, 1.54) is 104 Å². The quantitative estimate of drug-likeness (QED) is 0.130. The Morgan fingerprint density at radius 3 is 1.47 bits per heavy atom. The summed E-state index contributed by atoms with van der Waals surface area (Å²) in [4.78, 5) is 5.00. The maximum absolute atomic E-state index is 2.52. The van der Waals surface area contributed by atoms with E-state index in [-0.39, 0.29) is 10.8 Å². The van der Waals surface area contributed by atoms with Gasteiger partial charge < -0.3 is 9.80 Å². The van der Waals surface area contributed by atoms with Crippen LogP contribution in [0.25, 0.3) is 23.3 Å². The number of hydrogen-bond acceptors (Lipinski definition) is 2. The highest BCUT2D eigenvalue weighted by atomic mass is 28.3. The lowest BCUT2D eigenvalue weighted by atomic mass is 9.73. The summed E-state index contributed by atoms with van der Waals surface area (Å²) in [6.45, 7) is 9.49. The minimum atomic E-state index is -1.73. The van der Waals surface area contributed by atoms with E-state index in [1.54, 1.807) is 10.4 Å². The second-order valence-corrected chi connectivity index (χ2v) is 22.0. The highest BCUT2D eigenvalue weighted by molar-refractivity contribution is 7.05. The molecule has 7 aromatic carbocycles. The van der Waals surface area contributed by atoms with Gasteiger partial charge in [0.25, 0.3) is 0 Å². The summed E-state index contributed by atoms with van der Waals surface area (Å²) in [6.07, 6.45) is 7.26. The number of para-hydroxylation sites is 4. The molecule has 1 spiro atoms. The van der Waals surface area contributed by atoms with Gasteiger partial charge in [-0.15, -0.1) is 0 Å². The first kappa shape index (κ1) is 34.4. The van der Waals surface area contributed by atoms with Crippen LogP contribution < -0.4 is 20.2 Å². The molecule has 7 aromatic rings. The van der Waals surface area contributed by atoms with Crippen LogP contribution in [0.4, 0.5) is 34.1 Å². The molecule has 0 bridgehead atoms. The lowest BCUT2D eigenvalue weighted by Crippen LogP contribution is -2.60. The molecule has 1 saturated heterocycles. The summed E-state index contributed by atoms with van der Waals surface area (Å²) in [5.74, 6) is 0. The number of fused-ring (bicyclic) bond motifs is 9. The van der Waals surface area contributed by atoms with E-state index < -0.39 is 8.07 Å². The molecule has 0 unspecified atom stereocenters. The fourth-order valence-corrected chi connectivity index (χ4v) is 16.6. The van der Waals surface area contributed by atoms with E-state index in [2.05, 4.69) is 207 Å². The zero-order valence-corrected chi connectivity index (χ0v) is 34.4. The smallest absolute Gasteiger partial charge is 0.123 e.